The zero-order chi connectivity index (χ0) is 24.0. The maximum absolute atomic E-state index is 15.4. The van der Waals surface area contributed by atoms with Crippen LogP contribution in [-0.4, -0.2) is 29.4 Å². The van der Waals surface area contributed by atoms with E-state index in [0.717, 1.165) is 17.8 Å². The minimum absolute atomic E-state index is 0.0917. The molecule has 0 saturated heterocycles. The summed E-state index contributed by atoms with van der Waals surface area (Å²) in [4.78, 5) is 11.6. The lowest BCUT2D eigenvalue weighted by atomic mass is 10.0. The van der Waals surface area contributed by atoms with Gasteiger partial charge in [-0.3, -0.25) is 14.8 Å². The Hall–Kier alpha value is -3.99. The van der Waals surface area contributed by atoms with Gasteiger partial charge in [0, 0.05) is 29.0 Å². The number of nitrogens with zero attached hydrogens (tertiary/aromatic N) is 3. The molecule has 0 aliphatic carbocycles. The molecule has 5 aromatic rings. The number of aryl methyl sites for hydroxylation is 2. The highest BCUT2D eigenvalue weighted by Crippen LogP contribution is 2.36. The van der Waals surface area contributed by atoms with Crippen molar-refractivity contribution in [3.63, 3.8) is 0 Å². The van der Waals surface area contributed by atoms with E-state index in [1.165, 1.54) is 18.3 Å². The first-order chi connectivity index (χ1) is 16.3. The Morgan fingerprint density at radius 3 is 2.56 bits per heavy atom. The van der Waals surface area contributed by atoms with E-state index in [1.807, 2.05) is 0 Å². The molecule has 3 aromatic heterocycles. The van der Waals surface area contributed by atoms with Crippen molar-refractivity contribution in [1.82, 2.24) is 25.1 Å². The number of rotatable bonds is 5. The Bertz CT molecular complexity index is 1570. The Morgan fingerprint density at radius 1 is 1.00 bits per heavy atom. The summed E-state index contributed by atoms with van der Waals surface area (Å²) in [5.74, 6) is -2.50. The van der Waals surface area contributed by atoms with Crippen LogP contribution in [0.2, 0.25) is 0 Å². The van der Waals surface area contributed by atoms with Crippen LogP contribution in [-0.2, 0) is 11.0 Å². The quantitative estimate of drug-likeness (QED) is 0.321. The van der Waals surface area contributed by atoms with Crippen LogP contribution in [0.5, 0.6) is 0 Å². The highest BCUT2D eigenvalue weighted by atomic mass is 32.2. The molecular weight excluding hydrogens is 465 g/mol. The third-order valence-corrected chi connectivity index (χ3v) is 6.58. The maximum atomic E-state index is 15.4. The van der Waals surface area contributed by atoms with Gasteiger partial charge in [0.25, 0.3) is 0 Å². The van der Waals surface area contributed by atoms with E-state index >= 15 is 8.78 Å². The number of imidazole rings is 1. The van der Waals surface area contributed by atoms with E-state index in [4.69, 9.17) is 0 Å². The van der Waals surface area contributed by atoms with Crippen LogP contribution < -0.4 is 4.72 Å². The number of H-pyrrole nitrogens is 2. The smallest absolute Gasteiger partial charge is 0.159 e. The molecule has 2 aromatic carbocycles. The fraction of sp³-hybridized carbons (Fsp3) is 0.0870. The predicted molar refractivity (Wildman–Crippen MR) is 123 cm³/mol. The molecule has 0 fully saturated rings. The van der Waals surface area contributed by atoms with Gasteiger partial charge in [-0.15, -0.1) is 0 Å². The van der Waals surface area contributed by atoms with Crippen LogP contribution in [0.25, 0.3) is 33.5 Å². The van der Waals surface area contributed by atoms with Crippen LogP contribution in [0, 0.1) is 31.3 Å². The minimum atomic E-state index is -1.87. The molecule has 0 amide bonds. The fourth-order valence-corrected chi connectivity index (χ4v) is 4.70. The van der Waals surface area contributed by atoms with Gasteiger partial charge in [-0.25, -0.2) is 22.4 Å². The third-order valence-electron chi connectivity index (χ3n) is 5.34. The number of anilines is 1. The van der Waals surface area contributed by atoms with Gasteiger partial charge in [0.05, 0.1) is 21.8 Å². The molecule has 7 nitrogen and oxygen atoms in total. The summed E-state index contributed by atoms with van der Waals surface area (Å²) >= 11 is 0. The summed E-state index contributed by atoms with van der Waals surface area (Å²) in [6.45, 7) is 3.47. The summed E-state index contributed by atoms with van der Waals surface area (Å²) in [6.07, 6.45) is 3.14. The average molecular weight is 482 g/mol. The summed E-state index contributed by atoms with van der Waals surface area (Å²) in [6, 6.07) is 8.18. The van der Waals surface area contributed by atoms with E-state index in [2.05, 4.69) is 29.9 Å². The first-order valence-corrected chi connectivity index (χ1v) is 11.3. The van der Waals surface area contributed by atoms with Crippen LogP contribution in [0.1, 0.15) is 11.4 Å². The molecule has 0 saturated carbocycles. The number of aromatic nitrogens is 5. The Balaban J connectivity index is 1.56. The number of fused-ring (bicyclic) bond motifs is 1. The van der Waals surface area contributed by atoms with Crippen molar-refractivity contribution in [2.24, 2.45) is 0 Å². The standard InChI is InChI=1S/C23H17F3N6OS/c1-11-3-8-17(12(2)29-11)34(33)32-16-7-6-15(24)18(20(16)26)13-4-5-14-21(19(13)25)30-31-22(14)23-27-9-10-28-23/h3-10,32H,1-2H3,(H,27,28)(H,30,31). The molecule has 0 aliphatic heterocycles. The Labute approximate surface area is 194 Å². The van der Waals surface area contributed by atoms with Gasteiger partial charge in [0.15, 0.2) is 28.4 Å². The number of hydrogen-bond acceptors (Lipinski definition) is 4. The second-order valence-electron chi connectivity index (χ2n) is 7.55. The minimum Gasteiger partial charge on any atom is -0.343 e. The predicted octanol–water partition coefficient (Wildman–Crippen LogP) is 5.18. The molecule has 3 N–H and O–H groups in total. The molecule has 11 heteroatoms. The van der Waals surface area contributed by atoms with Crippen molar-refractivity contribution in [2.75, 3.05) is 4.72 Å². The number of halogens is 3. The molecule has 0 spiro atoms. The van der Waals surface area contributed by atoms with Crippen LogP contribution in [0.4, 0.5) is 18.9 Å². The first-order valence-electron chi connectivity index (χ1n) is 10.1. The van der Waals surface area contributed by atoms with E-state index in [1.54, 1.807) is 32.2 Å². The topological polar surface area (TPSA) is 99.3 Å². The maximum Gasteiger partial charge on any atom is 0.159 e. The Kier molecular flexibility index (Phi) is 5.40. The number of hydrogen-bond donors (Lipinski definition) is 3. The molecular formula is C23H17F3N6OS. The summed E-state index contributed by atoms with van der Waals surface area (Å²) in [5, 5.41) is 7.07. The van der Waals surface area contributed by atoms with Crippen LogP contribution in [0.3, 0.4) is 0 Å². The number of benzene rings is 2. The molecule has 5 rings (SSSR count). The first kappa shape index (κ1) is 21.8. The molecule has 3 heterocycles. The lowest BCUT2D eigenvalue weighted by Gasteiger charge is -2.13. The van der Waals surface area contributed by atoms with Crippen molar-refractivity contribution >= 4 is 27.6 Å². The normalized spacial score (nSPS) is 12.3. The highest BCUT2D eigenvalue weighted by Gasteiger charge is 2.23. The van der Waals surface area contributed by atoms with Crippen molar-refractivity contribution in [3.05, 3.63) is 77.6 Å². The molecule has 1 unspecified atom stereocenters. The van der Waals surface area contributed by atoms with Gasteiger partial charge < -0.3 is 4.98 Å². The summed E-state index contributed by atoms with van der Waals surface area (Å²) < 4.78 is 60.8. The zero-order valence-electron chi connectivity index (χ0n) is 17.9. The van der Waals surface area contributed by atoms with Crippen molar-refractivity contribution < 1.29 is 17.4 Å². The molecule has 172 valence electrons. The molecule has 1 atom stereocenters. The molecule has 34 heavy (non-hydrogen) atoms. The lowest BCUT2D eigenvalue weighted by molar-refractivity contribution is 0.585. The van der Waals surface area contributed by atoms with Crippen molar-refractivity contribution in [2.45, 2.75) is 18.7 Å². The third kappa shape index (κ3) is 3.63. The summed E-state index contributed by atoms with van der Waals surface area (Å²) in [5.41, 5.74) is 0.451. The second-order valence-corrected chi connectivity index (χ2v) is 8.73. The number of nitrogens with one attached hydrogen (secondary N) is 3. The zero-order valence-corrected chi connectivity index (χ0v) is 18.7. The SMILES string of the molecule is Cc1ccc(S(=O)Nc2ccc(F)c(-c3ccc4c(-c5ncc[nH]5)[nH]nc4c3F)c2F)c(C)n1. The van der Waals surface area contributed by atoms with Crippen molar-refractivity contribution in [1.29, 1.82) is 0 Å². The molecule has 0 aliphatic rings. The van der Waals surface area contributed by atoms with E-state index in [-0.39, 0.29) is 16.8 Å². The largest absolute Gasteiger partial charge is 0.343 e. The average Bonchev–Trinajstić information content (AvgIpc) is 3.47. The highest BCUT2D eigenvalue weighted by molar-refractivity contribution is 7.86. The second kappa shape index (κ2) is 8.41. The molecule has 0 bridgehead atoms. The van der Waals surface area contributed by atoms with Gasteiger partial charge in [0.1, 0.15) is 17.0 Å². The van der Waals surface area contributed by atoms with Crippen molar-refractivity contribution in [3.8, 4) is 22.6 Å². The van der Waals surface area contributed by atoms with Crippen LogP contribution in [0.15, 0.2) is 53.7 Å². The number of aromatic amines is 2. The van der Waals surface area contributed by atoms with Gasteiger partial charge >= 0.3 is 0 Å². The van der Waals surface area contributed by atoms with E-state index in [9.17, 15) is 8.60 Å². The van der Waals surface area contributed by atoms with E-state index in [0.29, 0.717) is 27.5 Å². The van der Waals surface area contributed by atoms with E-state index < -0.39 is 34.0 Å². The summed E-state index contributed by atoms with van der Waals surface area (Å²) in [7, 11) is -1.87. The van der Waals surface area contributed by atoms with Crippen LogP contribution >= 0.6 is 0 Å². The van der Waals surface area contributed by atoms with Gasteiger partial charge in [0.2, 0.25) is 0 Å². The number of pyridine rings is 1. The molecule has 0 radical (unpaired) electrons. The fourth-order valence-electron chi connectivity index (χ4n) is 3.73. The van der Waals surface area contributed by atoms with Gasteiger partial charge in [-0.2, -0.15) is 5.10 Å². The monoisotopic (exact) mass is 482 g/mol. The van der Waals surface area contributed by atoms with Gasteiger partial charge in [-0.05, 0) is 44.2 Å². The lowest BCUT2D eigenvalue weighted by Crippen LogP contribution is -2.10. The van der Waals surface area contributed by atoms with Gasteiger partial charge in [-0.1, -0.05) is 6.07 Å². The Morgan fingerprint density at radius 2 is 1.82 bits per heavy atom.